The van der Waals surface area contributed by atoms with Crippen LogP contribution >= 0.6 is 0 Å². The second kappa shape index (κ2) is 2.86. The number of aliphatic carboxylic acids is 1. The van der Waals surface area contributed by atoms with Crippen molar-refractivity contribution in [2.24, 2.45) is 5.92 Å². The molecule has 0 unspecified atom stereocenters. The molecule has 60 valence electrons. The van der Waals surface area contributed by atoms with Gasteiger partial charge >= 0.3 is 5.97 Å². The van der Waals surface area contributed by atoms with Crippen LogP contribution in [0.4, 0.5) is 0 Å². The van der Waals surface area contributed by atoms with E-state index in [0.29, 0.717) is 18.4 Å². The molecule has 0 aromatic rings. The van der Waals surface area contributed by atoms with Crippen LogP contribution in [0.5, 0.6) is 0 Å². The smallest absolute Gasteiger partial charge is 0.303 e. The maximum Gasteiger partial charge on any atom is 0.303 e. The van der Waals surface area contributed by atoms with Crippen molar-refractivity contribution in [1.82, 2.24) is 0 Å². The third kappa shape index (κ3) is 1.67. The molecule has 1 aliphatic rings. The van der Waals surface area contributed by atoms with Crippen molar-refractivity contribution < 1.29 is 14.7 Å². The maximum atomic E-state index is 10.9. The van der Waals surface area contributed by atoms with Crippen molar-refractivity contribution in [3.63, 3.8) is 0 Å². The first-order chi connectivity index (χ1) is 5.11. The van der Waals surface area contributed by atoms with Gasteiger partial charge < -0.3 is 5.11 Å². The van der Waals surface area contributed by atoms with E-state index < -0.39 is 5.97 Å². The topological polar surface area (TPSA) is 54.4 Å². The highest BCUT2D eigenvalue weighted by atomic mass is 16.4. The predicted octanol–water partition coefficient (Wildman–Crippen LogP) is 0.996. The molecular weight excluding hydrogens is 144 g/mol. The number of hydrogen-bond donors (Lipinski definition) is 1. The van der Waals surface area contributed by atoms with E-state index in [1.807, 2.05) is 0 Å². The SMILES string of the molecule is C=C1C(=O)CC[C@H]1CC(=O)O. The number of carbonyl (C=O) groups excluding carboxylic acids is 1. The molecule has 11 heavy (non-hydrogen) atoms. The van der Waals surface area contributed by atoms with E-state index in [1.165, 1.54) is 0 Å². The summed E-state index contributed by atoms with van der Waals surface area (Å²) >= 11 is 0. The highest BCUT2D eigenvalue weighted by Gasteiger charge is 2.27. The van der Waals surface area contributed by atoms with E-state index in [-0.39, 0.29) is 18.1 Å². The second-order valence-electron chi connectivity index (χ2n) is 2.78. The molecule has 0 heterocycles. The first-order valence-electron chi connectivity index (χ1n) is 3.55. The van der Waals surface area contributed by atoms with Crippen LogP contribution in [0.15, 0.2) is 12.2 Å². The molecule has 1 rings (SSSR count). The van der Waals surface area contributed by atoms with Crippen molar-refractivity contribution in [1.29, 1.82) is 0 Å². The number of Topliss-reactive ketones (excluding diaryl/α,β-unsaturated/α-hetero) is 1. The largest absolute Gasteiger partial charge is 0.481 e. The van der Waals surface area contributed by atoms with E-state index in [1.54, 1.807) is 0 Å². The van der Waals surface area contributed by atoms with Crippen LogP contribution in [-0.2, 0) is 9.59 Å². The number of ketones is 1. The fourth-order valence-corrected chi connectivity index (χ4v) is 1.30. The van der Waals surface area contributed by atoms with Crippen molar-refractivity contribution in [3.8, 4) is 0 Å². The molecule has 0 radical (unpaired) electrons. The minimum atomic E-state index is -0.856. The van der Waals surface area contributed by atoms with E-state index in [9.17, 15) is 9.59 Å². The van der Waals surface area contributed by atoms with Crippen LogP contribution in [0.2, 0.25) is 0 Å². The van der Waals surface area contributed by atoms with Crippen LogP contribution < -0.4 is 0 Å². The van der Waals surface area contributed by atoms with Crippen molar-refractivity contribution in [2.45, 2.75) is 19.3 Å². The molecular formula is C8H10O3. The first-order valence-corrected chi connectivity index (χ1v) is 3.55. The molecule has 0 saturated heterocycles. The zero-order valence-corrected chi connectivity index (χ0v) is 6.17. The zero-order valence-electron chi connectivity index (χ0n) is 6.17. The summed E-state index contributed by atoms with van der Waals surface area (Å²) in [4.78, 5) is 21.1. The standard InChI is InChI=1S/C8H10O3/c1-5-6(4-8(10)11)2-3-7(5)9/h6H,1-4H2,(H,10,11)/t6-/m0/s1. The highest BCUT2D eigenvalue weighted by Crippen LogP contribution is 2.28. The summed E-state index contributed by atoms with van der Waals surface area (Å²) in [5, 5.41) is 8.43. The molecule has 1 aliphatic carbocycles. The predicted molar refractivity (Wildman–Crippen MR) is 39.1 cm³/mol. The Morgan fingerprint density at radius 1 is 1.73 bits per heavy atom. The van der Waals surface area contributed by atoms with Crippen LogP contribution in [0.1, 0.15) is 19.3 Å². The molecule has 0 aliphatic heterocycles. The lowest BCUT2D eigenvalue weighted by atomic mass is 10.0. The molecule has 1 fully saturated rings. The Morgan fingerprint density at radius 2 is 2.36 bits per heavy atom. The normalized spacial score (nSPS) is 24.2. The molecule has 3 heteroatoms. The zero-order chi connectivity index (χ0) is 8.43. The minimum Gasteiger partial charge on any atom is -0.481 e. The monoisotopic (exact) mass is 154 g/mol. The summed E-state index contributed by atoms with van der Waals surface area (Å²) in [6.45, 7) is 3.56. The number of carboxylic acids is 1. The molecule has 3 nitrogen and oxygen atoms in total. The van der Waals surface area contributed by atoms with Crippen molar-refractivity contribution >= 4 is 11.8 Å². The molecule has 1 saturated carbocycles. The van der Waals surface area contributed by atoms with Gasteiger partial charge in [0.05, 0.1) is 6.42 Å². The third-order valence-electron chi connectivity index (χ3n) is 1.99. The van der Waals surface area contributed by atoms with Crippen LogP contribution in [-0.4, -0.2) is 16.9 Å². The molecule has 1 N–H and O–H groups in total. The lowest BCUT2D eigenvalue weighted by Crippen LogP contribution is -2.06. The van der Waals surface area contributed by atoms with Gasteiger partial charge in [0.15, 0.2) is 5.78 Å². The van der Waals surface area contributed by atoms with E-state index in [2.05, 4.69) is 6.58 Å². The van der Waals surface area contributed by atoms with Crippen LogP contribution in [0.25, 0.3) is 0 Å². The summed E-state index contributed by atoms with van der Waals surface area (Å²) in [7, 11) is 0. The Labute approximate surface area is 64.7 Å². The van der Waals surface area contributed by atoms with Gasteiger partial charge in [-0.2, -0.15) is 0 Å². The molecule has 0 aromatic carbocycles. The quantitative estimate of drug-likeness (QED) is 0.603. The minimum absolute atomic E-state index is 0.0243. The maximum absolute atomic E-state index is 10.9. The summed E-state index contributed by atoms with van der Waals surface area (Å²) in [6.07, 6.45) is 1.17. The Hall–Kier alpha value is -1.12. The lowest BCUT2D eigenvalue weighted by molar-refractivity contribution is -0.137. The molecule has 0 amide bonds. The van der Waals surface area contributed by atoms with Gasteiger partial charge in [0.1, 0.15) is 0 Å². The summed E-state index contributed by atoms with van der Waals surface area (Å²) < 4.78 is 0. The number of rotatable bonds is 2. The van der Waals surface area contributed by atoms with E-state index in [4.69, 9.17) is 5.11 Å². The van der Waals surface area contributed by atoms with Gasteiger partial charge in [-0.25, -0.2) is 0 Å². The first kappa shape index (κ1) is 7.98. The molecule has 1 atom stereocenters. The number of carbonyl (C=O) groups is 2. The van der Waals surface area contributed by atoms with Crippen molar-refractivity contribution in [3.05, 3.63) is 12.2 Å². The van der Waals surface area contributed by atoms with Gasteiger partial charge in [0.2, 0.25) is 0 Å². The second-order valence-corrected chi connectivity index (χ2v) is 2.78. The van der Waals surface area contributed by atoms with Crippen LogP contribution in [0, 0.1) is 5.92 Å². The van der Waals surface area contributed by atoms with Gasteiger partial charge in [0.25, 0.3) is 0 Å². The number of allylic oxidation sites excluding steroid dienone is 1. The Bertz CT molecular complexity index is 217. The van der Waals surface area contributed by atoms with Crippen LogP contribution in [0.3, 0.4) is 0 Å². The van der Waals surface area contributed by atoms with Gasteiger partial charge in [-0.05, 0) is 17.9 Å². The van der Waals surface area contributed by atoms with E-state index >= 15 is 0 Å². The molecule has 0 spiro atoms. The summed E-state index contributed by atoms with van der Waals surface area (Å²) in [6, 6.07) is 0. The van der Waals surface area contributed by atoms with Gasteiger partial charge in [-0.1, -0.05) is 6.58 Å². The van der Waals surface area contributed by atoms with Crippen molar-refractivity contribution in [2.75, 3.05) is 0 Å². The Kier molecular flexibility index (Phi) is 2.08. The fraction of sp³-hybridized carbons (Fsp3) is 0.500. The molecule has 0 aromatic heterocycles. The van der Waals surface area contributed by atoms with Gasteiger partial charge in [0, 0.05) is 6.42 Å². The molecule has 0 bridgehead atoms. The highest BCUT2D eigenvalue weighted by molar-refractivity contribution is 5.98. The van der Waals surface area contributed by atoms with Gasteiger partial charge in [-0.3, -0.25) is 9.59 Å². The summed E-state index contributed by atoms with van der Waals surface area (Å²) in [5.41, 5.74) is 0.493. The average molecular weight is 154 g/mol. The number of hydrogen-bond acceptors (Lipinski definition) is 2. The Morgan fingerprint density at radius 3 is 2.73 bits per heavy atom. The van der Waals surface area contributed by atoms with E-state index in [0.717, 1.165) is 0 Å². The summed E-state index contributed by atoms with van der Waals surface area (Å²) in [5.74, 6) is -0.942. The Balaban J connectivity index is 2.55. The average Bonchev–Trinajstić information content (AvgIpc) is 2.18. The number of carboxylic acid groups (broad SMARTS) is 1. The van der Waals surface area contributed by atoms with Gasteiger partial charge in [-0.15, -0.1) is 0 Å². The lowest BCUT2D eigenvalue weighted by Gasteiger charge is -2.04. The third-order valence-corrected chi connectivity index (χ3v) is 1.99. The fourth-order valence-electron chi connectivity index (χ4n) is 1.30.